The Balaban J connectivity index is 1.85. The van der Waals surface area contributed by atoms with Gasteiger partial charge in [0, 0.05) is 12.0 Å². The molecular weight excluding hydrogens is 434 g/mol. The molecule has 7 nitrogen and oxygen atoms in total. The minimum Gasteiger partial charge on any atom is -0.493 e. The summed E-state index contributed by atoms with van der Waals surface area (Å²) in [5, 5.41) is 3.02. The van der Waals surface area contributed by atoms with Crippen LogP contribution in [0.5, 0.6) is 17.2 Å². The number of hydrogen-bond donors (Lipinski definition) is 1. The minimum absolute atomic E-state index is 0.0552. The molecule has 1 N–H and O–H groups in total. The summed E-state index contributed by atoms with van der Waals surface area (Å²) in [6, 6.07) is 19.0. The number of amides is 1. The first-order chi connectivity index (χ1) is 16.5. The SMILES string of the molecule is COC(=O)Cc1cccc(-c2ccccc2)c1NC(=O)CCc1cc(OC)c(OC)c(OC)c1. The molecule has 0 fully saturated rings. The molecule has 1 amide bonds. The molecule has 0 radical (unpaired) electrons. The third-order valence-electron chi connectivity index (χ3n) is 5.43. The normalized spacial score (nSPS) is 10.4. The standard InChI is InChI=1S/C27H29NO6/c1-31-22-15-18(16-23(32-2)27(22)34-4)13-14-24(29)28-26-20(17-25(30)33-3)11-8-12-21(26)19-9-6-5-7-10-19/h5-12,15-16H,13-14,17H2,1-4H3,(H,28,29). The number of carbonyl (C=O) groups is 2. The molecule has 0 aliphatic rings. The van der Waals surface area contributed by atoms with Crippen molar-refractivity contribution in [1.82, 2.24) is 0 Å². The van der Waals surface area contributed by atoms with Crippen LogP contribution >= 0.6 is 0 Å². The van der Waals surface area contributed by atoms with Gasteiger partial charge in [-0.15, -0.1) is 0 Å². The van der Waals surface area contributed by atoms with Gasteiger partial charge in [-0.05, 0) is 35.2 Å². The van der Waals surface area contributed by atoms with Gasteiger partial charge in [-0.2, -0.15) is 0 Å². The van der Waals surface area contributed by atoms with Gasteiger partial charge in [0.2, 0.25) is 11.7 Å². The van der Waals surface area contributed by atoms with E-state index in [4.69, 9.17) is 18.9 Å². The van der Waals surface area contributed by atoms with Gasteiger partial charge in [0.1, 0.15) is 0 Å². The zero-order valence-corrected chi connectivity index (χ0v) is 19.8. The number of hydrogen-bond acceptors (Lipinski definition) is 6. The fraction of sp³-hybridized carbons (Fsp3) is 0.259. The first kappa shape index (κ1) is 24.6. The zero-order valence-electron chi connectivity index (χ0n) is 19.8. The molecule has 178 valence electrons. The van der Waals surface area contributed by atoms with Gasteiger partial charge < -0.3 is 24.3 Å². The average Bonchev–Trinajstić information content (AvgIpc) is 2.88. The van der Waals surface area contributed by atoms with E-state index in [0.717, 1.165) is 16.7 Å². The average molecular weight is 464 g/mol. The quantitative estimate of drug-likeness (QED) is 0.440. The van der Waals surface area contributed by atoms with Crippen molar-refractivity contribution in [2.75, 3.05) is 33.8 Å². The summed E-state index contributed by atoms with van der Waals surface area (Å²) in [5.41, 5.74) is 3.94. The Morgan fingerprint density at radius 2 is 1.50 bits per heavy atom. The number of nitrogens with one attached hydrogen (secondary N) is 1. The van der Waals surface area contributed by atoms with E-state index in [9.17, 15) is 9.59 Å². The maximum absolute atomic E-state index is 13.0. The molecule has 0 unspecified atom stereocenters. The van der Waals surface area contributed by atoms with Crippen molar-refractivity contribution in [2.45, 2.75) is 19.3 Å². The lowest BCUT2D eigenvalue weighted by atomic mass is 9.98. The van der Waals surface area contributed by atoms with Crippen LogP contribution in [-0.2, 0) is 27.2 Å². The second-order valence-electron chi connectivity index (χ2n) is 7.54. The molecule has 34 heavy (non-hydrogen) atoms. The monoisotopic (exact) mass is 463 g/mol. The lowest BCUT2D eigenvalue weighted by Gasteiger charge is -2.17. The van der Waals surface area contributed by atoms with Crippen molar-refractivity contribution in [3.8, 4) is 28.4 Å². The van der Waals surface area contributed by atoms with Gasteiger partial charge >= 0.3 is 5.97 Å². The van der Waals surface area contributed by atoms with E-state index in [-0.39, 0.29) is 24.7 Å². The molecule has 7 heteroatoms. The van der Waals surface area contributed by atoms with Crippen molar-refractivity contribution >= 4 is 17.6 Å². The van der Waals surface area contributed by atoms with Crippen LogP contribution in [0.25, 0.3) is 11.1 Å². The van der Waals surface area contributed by atoms with Crippen LogP contribution in [0.1, 0.15) is 17.5 Å². The molecule has 3 rings (SSSR count). The molecule has 0 aliphatic carbocycles. The highest BCUT2D eigenvalue weighted by atomic mass is 16.5. The maximum Gasteiger partial charge on any atom is 0.310 e. The molecule has 0 bridgehead atoms. The van der Waals surface area contributed by atoms with Crippen molar-refractivity contribution in [3.05, 3.63) is 71.8 Å². The predicted molar refractivity (Wildman–Crippen MR) is 131 cm³/mol. The van der Waals surface area contributed by atoms with E-state index in [1.165, 1.54) is 7.11 Å². The van der Waals surface area contributed by atoms with E-state index < -0.39 is 0 Å². The summed E-state index contributed by atoms with van der Waals surface area (Å²) in [4.78, 5) is 25.0. The molecule has 3 aromatic carbocycles. The number of para-hydroxylation sites is 1. The molecule has 0 atom stereocenters. The van der Waals surface area contributed by atoms with Gasteiger partial charge in [0.15, 0.2) is 11.5 Å². The van der Waals surface area contributed by atoms with Crippen LogP contribution in [0.2, 0.25) is 0 Å². The van der Waals surface area contributed by atoms with Gasteiger partial charge in [0.25, 0.3) is 0 Å². The van der Waals surface area contributed by atoms with Crippen LogP contribution < -0.4 is 19.5 Å². The Bertz CT molecular complexity index is 1120. The summed E-state index contributed by atoms with van der Waals surface area (Å²) in [6.07, 6.45) is 0.738. The van der Waals surface area contributed by atoms with Crippen molar-refractivity contribution in [3.63, 3.8) is 0 Å². The zero-order chi connectivity index (χ0) is 24.5. The second-order valence-corrected chi connectivity index (χ2v) is 7.54. The Kier molecular flexibility index (Phi) is 8.51. The molecule has 0 aromatic heterocycles. The highest BCUT2D eigenvalue weighted by Crippen LogP contribution is 2.38. The van der Waals surface area contributed by atoms with Crippen molar-refractivity contribution in [1.29, 1.82) is 0 Å². The smallest absolute Gasteiger partial charge is 0.310 e. The largest absolute Gasteiger partial charge is 0.493 e. The summed E-state index contributed by atoms with van der Waals surface area (Å²) < 4.78 is 21.0. The number of benzene rings is 3. The van der Waals surface area contributed by atoms with E-state index in [0.29, 0.717) is 34.9 Å². The Hall–Kier alpha value is -4.00. The topological polar surface area (TPSA) is 83.1 Å². The highest BCUT2D eigenvalue weighted by Gasteiger charge is 2.17. The maximum atomic E-state index is 13.0. The number of carbonyl (C=O) groups excluding carboxylic acids is 2. The van der Waals surface area contributed by atoms with E-state index in [2.05, 4.69) is 5.32 Å². The highest BCUT2D eigenvalue weighted by molar-refractivity contribution is 5.97. The number of rotatable bonds is 10. The van der Waals surface area contributed by atoms with Gasteiger partial charge in [-0.1, -0.05) is 48.5 Å². The first-order valence-electron chi connectivity index (χ1n) is 10.8. The molecule has 0 aliphatic heterocycles. The number of esters is 1. The van der Waals surface area contributed by atoms with Crippen molar-refractivity contribution in [2.24, 2.45) is 0 Å². The van der Waals surface area contributed by atoms with E-state index in [1.54, 1.807) is 21.3 Å². The molecular formula is C27H29NO6. The first-order valence-corrected chi connectivity index (χ1v) is 10.8. The van der Waals surface area contributed by atoms with Gasteiger partial charge in [0.05, 0.1) is 40.5 Å². The third-order valence-corrected chi connectivity index (χ3v) is 5.43. The second kappa shape index (κ2) is 11.7. The fourth-order valence-electron chi connectivity index (χ4n) is 3.72. The molecule has 0 heterocycles. The van der Waals surface area contributed by atoms with E-state index in [1.807, 2.05) is 60.7 Å². The summed E-state index contributed by atoms with van der Waals surface area (Å²) in [6.45, 7) is 0. The molecule has 0 saturated heterocycles. The van der Waals surface area contributed by atoms with Crippen LogP contribution in [0.4, 0.5) is 5.69 Å². The van der Waals surface area contributed by atoms with E-state index >= 15 is 0 Å². The van der Waals surface area contributed by atoms with Crippen LogP contribution in [0.3, 0.4) is 0 Å². The predicted octanol–water partition coefficient (Wildman–Crippen LogP) is 4.67. The van der Waals surface area contributed by atoms with Gasteiger partial charge in [-0.3, -0.25) is 9.59 Å². The third kappa shape index (κ3) is 5.86. The fourth-order valence-corrected chi connectivity index (χ4v) is 3.72. The Labute approximate surface area is 199 Å². The van der Waals surface area contributed by atoms with Crippen LogP contribution in [-0.4, -0.2) is 40.3 Å². The molecule has 0 saturated carbocycles. The summed E-state index contributed by atoms with van der Waals surface area (Å²) in [5.74, 6) is 1.02. The Morgan fingerprint density at radius 1 is 0.824 bits per heavy atom. The number of ether oxygens (including phenoxy) is 4. The lowest BCUT2D eigenvalue weighted by Crippen LogP contribution is -2.16. The Morgan fingerprint density at radius 3 is 2.09 bits per heavy atom. The summed E-state index contributed by atoms with van der Waals surface area (Å²) >= 11 is 0. The number of aryl methyl sites for hydroxylation is 1. The van der Waals surface area contributed by atoms with Crippen LogP contribution in [0, 0.1) is 0 Å². The lowest BCUT2D eigenvalue weighted by molar-refractivity contribution is -0.139. The number of anilines is 1. The minimum atomic E-state index is -0.377. The molecule has 3 aromatic rings. The van der Waals surface area contributed by atoms with Crippen molar-refractivity contribution < 1.29 is 28.5 Å². The number of methoxy groups -OCH3 is 4. The van der Waals surface area contributed by atoms with Crippen LogP contribution in [0.15, 0.2) is 60.7 Å². The van der Waals surface area contributed by atoms with Gasteiger partial charge in [-0.25, -0.2) is 0 Å². The molecule has 0 spiro atoms. The summed E-state index contributed by atoms with van der Waals surface area (Å²) in [7, 11) is 6.00.